The minimum Gasteiger partial charge on any atom is -0.344 e. The van der Waals surface area contributed by atoms with E-state index < -0.39 is 0 Å². The van der Waals surface area contributed by atoms with Gasteiger partial charge in [-0.2, -0.15) is 0 Å². The molecule has 0 fully saturated rings. The zero-order valence-electron chi connectivity index (χ0n) is 11.1. The zero-order chi connectivity index (χ0) is 12.3. The Balaban J connectivity index is 2.05. The van der Waals surface area contributed by atoms with Crippen molar-refractivity contribution in [2.45, 2.75) is 45.4 Å². The molecule has 0 bridgehead atoms. The predicted octanol–water partition coefficient (Wildman–Crippen LogP) is 3.98. The first-order chi connectivity index (χ1) is 8.05. The molecule has 2 rings (SSSR count). The maximum absolute atomic E-state index is 4.50. The predicted molar refractivity (Wildman–Crippen MR) is 74.9 cm³/mol. The summed E-state index contributed by atoms with van der Waals surface area (Å²) in [6, 6.07) is 8.70. The molecule has 0 amide bonds. The van der Waals surface area contributed by atoms with E-state index in [4.69, 9.17) is 0 Å². The molecule has 0 aromatic heterocycles. The Morgan fingerprint density at radius 2 is 1.76 bits per heavy atom. The fraction of sp³-hybridized carbons (Fsp3) is 0.533. The van der Waals surface area contributed by atoms with E-state index in [9.17, 15) is 0 Å². The van der Waals surface area contributed by atoms with E-state index in [1.807, 2.05) is 0 Å². The van der Waals surface area contributed by atoms with Gasteiger partial charge in [-0.1, -0.05) is 32.9 Å². The van der Waals surface area contributed by atoms with Gasteiger partial charge in [-0.25, -0.2) is 0 Å². The third kappa shape index (κ3) is 3.32. The Bertz CT molecular complexity index is 396. The van der Waals surface area contributed by atoms with Crippen LogP contribution in [-0.4, -0.2) is 12.4 Å². The number of hydrogen-bond acceptors (Lipinski definition) is 2. The molecule has 1 aromatic rings. The maximum Gasteiger partial charge on any atom is 0.101 e. The molecule has 2 nitrogen and oxygen atoms in total. The van der Waals surface area contributed by atoms with Gasteiger partial charge in [-0.15, -0.1) is 0 Å². The standard InChI is InChI=1S/C15H22N2/c1-15(2,3)12-7-9-13(10-8-12)17-14-6-4-5-11-16-14/h7-10H,4-6,11H2,1-3H3,(H,16,17). The van der Waals surface area contributed by atoms with Crippen molar-refractivity contribution in [1.29, 1.82) is 0 Å². The summed E-state index contributed by atoms with van der Waals surface area (Å²) in [5, 5.41) is 3.41. The monoisotopic (exact) mass is 230 g/mol. The highest BCUT2D eigenvalue weighted by Gasteiger charge is 2.13. The van der Waals surface area contributed by atoms with Crippen LogP contribution in [0.1, 0.15) is 45.6 Å². The van der Waals surface area contributed by atoms with Gasteiger partial charge in [-0.05, 0) is 36.0 Å². The number of benzene rings is 1. The van der Waals surface area contributed by atoms with E-state index in [0.717, 1.165) is 24.5 Å². The first-order valence-corrected chi connectivity index (χ1v) is 6.46. The summed E-state index contributed by atoms with van der Waals surface area (Å²) in [5.74, 6) is 1.14. The number of rotatable bonds is 1. The van der Waals surface area contributed by atoms with Gasteiger partial charge in [0.2, 0.25) is 0 Å². The summed E-state index contributed by atoms with van der Waals surface area (Å²) in [7, 11) is 0. The molecule has 1 aliphatic heterocycles. The van der Waals surface area contributed by atoms with Gasteiger partial charge in [0.05, 0.1) is 0 Å². The van der Waals surface area contributed by atoms with Gasteiger partial charge in [-0.3, -0.25) is 4.99 Å². The van der Waals surface area contributed by atoms with Crippen molar-refractivity contribution in [3.63, 3.8) is 0 Å². The van der Waals surface area contributed by atoms with Gasteiger partial charge in [0, 0.05) is 18.7 Å². The molecule has 0 atom stereocenters. The lowest BCUT2D eigenvalue weighted by molar-refractivity contribution is 0.590. The molecule has 1 heterocycles. The molecular weight excluding hydrogens is 208 g/mol. The molecule has 92 valence electrons. The molecule has 0 aliphatic carbocycles. The van der Waals surface area contributed by atoms with Gasteiger partial charge < -0.3 is 5.32 Å². The number of aliphatic imine (C=N–C) groups is 1. The van der Waals surface area contributed by atoms with Crippen LogP contribution in [0, 0.1) is 0 Å². The quantitative estimate of drug-likeness (QED) is 0.775. The lowest BCUT2D eigenvalue weighted by atomic mass is 9.87. The van der Waals surface area contributed by atoms with Crippen molar-refractivity contribution in [3.05, 3.63) is 29.8 Å². The first kappa shape index (κ1) is 12.2. The van der Waals surface area contributed by atoms with Crippen molar-refractivity contribution >= 4 is 11.5 Å². The lowest BCUT2D eigenvalue weighted by Crippen LogP contribution is -2.16. The Morgan fingerprint density at radius 1 is 1.06 bits per heavy atom. The van der Waals surface area contributed by atoms with Crippen LogP contribution < -0.4 is 5.32 Å². The molecule has 0 radical (unpaired) electrons. The SMILES string of the molecule is CC(C)(C)c1ccc(NC2=NCCCC2)cc1. The molecule has 2 heteroatoms. The summed E-state index contributed by atoms with van der Waals surface area (Å²) >= 11 is 0. The van der Waals surface area contributed by atoms with Crippen LogP contribution in [0.25, 0.3) is 0 Å². The molecule has 0 saturated heterocycles. The van der Waals surface area contributed by atoms with E-state index in [2.05, 4.69) is 55.3 Å². The Kier molecular flexibility index (Phi) is 3.51. The van der Waals surface area contributed by atoms with Crippen LogP contribution in [0.3, 0.4) is 0 Å². The van der Waals surface area contributed by atoms with Crippen molar-refractivity contribution in [1.82, 2.24) is 0 Å². The number of nitrogens with zero attached hydrogens (tertiary/aromatic N) is 1. The van der Waals surface area contributed by atoms with Gasteiger partial charge in [0.15, 0.2) is 0 Å². The summed E-state index contributed by atoms with van der Waals surface area (Å²) in [5.41, 5.74) is 2.74. The fourth-order valence-electron chi connectivity index (χ4n) is 2.02. The highest BCUT2D eigenvalue weighted by atomic mass is 15.0. The normalized spacial score (nSPS) is 16.5. The fourth-order valence-corrected chi connectivity index (χ4v) is 2.02. The maximum atomic E-state index is 4.50. The van der Waals surface area contributed by atoms with E-state index >= 15 is 0 Å². The number of amidine groups is 1. The van der Waals surface area contributed by atoms with E-state index in [1.54, 1.807) is 0 Å². The topological polar surface area (TPSA) is 24.4 Å². The van der Waals surface area contributed by atoms with Crippen molar-refractivity contribution < 1.29 is 0 Å². The van der Waals surface area contributed by atoms with Crippen LogP contribution in [0.5, 0.6) is 0 Å². The minimum absolute atomic E-state index is 0.223. The number of hydrogen-bond donors (Lipinski definition) is 1. The minimum atomic E-state index is 0.223. The zero-order valence-corrected chi connectivity index (χ0v) is 11.1. The van der Waals surface area contributed by atoms with Gasteiger partial charge in [0.25, 0.3) is 0 Å². The molecule has 0 saturated carbocycles. The van der Waals surface area contributed by atoms with Gasteiger partial charge >= 0.3 is 0 Å². The third-order valence-electron chi connectivity index (χ3n) is 3.16. The van der Waals surface area contributed by atoms with Crippen LogP contribution >= 0.6 is 0 Å². The summed E-state index contributed by atoms with van der Waals surface area (Å²) in [6.45, 7) is 7.68. The van der Waals surface area contributed by atoms with E-state index in [0.29, 0.717) is 0 Å². The van der Waals surface area contributed by atoms with Crippen LogP contribution in [-0.2, 0) is 5.41 Å². The molecule has 1 aliphatic rings. The molecule has 1 aromatic carbocycles. The largest absolute Gasteiger partial charge is 0.344 e. The van der Waals surface area contributed by atoms with E-state index in [-0.39, 0.29) is 5.41 Å². The summed E-state index contributed by atoms with van der Waals surface area (Å²) < 4.78 is 0. The highest BCUT2D eigenvalue weighted by Crippen LogP contribution is 2.23. The molecule has 0 spiro atoms. The van der Waals surface area contributed by atoms with E-state index in [1.165, 1.54) is 18.4 Å². The van der Waals surface area contributed by atoms with Crippen molar-refractivity contribution in [2.75, 3.05) is 11.9 Å². The van der Waals surface area contributed by atoms with Crippen LogP contribution in [0.2, 0.25) is 0 Å². The summed E-state index contributed by atoms with van der Waals surface area (Å²) in [4.78, 5) is 4.50. The summed E-state index contributed by atoms with van der Waals surface area (Å²) in [6.07, 6.45) is 3.57. The third-order valence-corrected chi connectivity index (χ3v) is 3.16. The highest BCUT2D eigenvalue weighted by molar-refractivity contribution is 5.95. The van der Waals surface area contributed by atoms with Crippen LogP contribution in [0.4, 0.5) is 5.69 Å². The Hall–Kier alpha value is -1.31. The second-order valence-corrected chi connectivity index (χ2v) is 5.74. The van der Waals surface area contributed by atoms with Crippen molar-refractivity contribution in [3.8, 4) is 0 Å². The first-order valence-electron chi connectivity index (χ1n) is 6.46. The van der Waals surface area contributed by atoms with Crippen LogP contribution in [0.15, 0.2) is 29.3 Å². The second-order valence-electron chi connectivity index (χ2n) is 5.74. The lowest BCUT2D eigenvalue weighted by Gasteiger charge is -2.20. The molecular formula is C15H22N2. The average Bonchev–Trinajstić information content (AvgIpc) is 2.30. The van der Waals surface area contributed by atoms with Crippen molar-refractivity contribution in [2.24, 2.45) is 4.99 Å². The molecule has 0 unspecified atom stereocenters. The molecule has 17 heavy (non-hydrogen) atoms. The number of nitrogens with one attached hydrogen (secondary N) is 1. The molecule has 1 N–H and O–H groups in total. The average molecular weight is 230 g/mol. The Morgan fingerprint density at radius 3 is 2.29 bits per heavy atom. The van der Waals surface area contributed by atoms with Gasteiger partial charge in [0.1, 0.15) is 5.84 Å². The Labute approximate surface area is 104 Å². The smallest absolute Gasteiger partial charge is 0.101 e. The second kappa shape index (κ2) is 4.91. The number of anilines is 1.